The summed E-state index contributed by atoms with van der Waals surface area (Å²) in [6, 6.07) is 1.75. The van der Waals surface area contributed by atoms with E-state index in [1.807, 2.05) is 6.20 Å². The average Bonchev–Trinajstić information content (AvgIpc) is 2.79. The lowest BCUT2D eigenvalue weighted by Crippen LogP contribution is -2.43. The summed E-state index contributed by atoms with van der Waals surface area (Å²) in [6.45, 7) is 9.40. The zero-order chi connectivity index (χ0) is 15.0. The predicted molar refractivity (Wildman–Crippen MR) is 87.4 cm³/mol. The summed E-state index contributed by atoms with van der Waals surface area (Å²) in [4.78, 5) is 7.19. The first-order valence-corrected chi connectivity index (χ1v) is 8.11. The number of nitrogens with zero attached hydrogens (tertiary/aromatic N) is 3. The number of aromatic nitrogens is 2. The molecule has 4 nitrogen and oxygen atoms in total. The molecule has 114 valence electrons. The number of pyridine rings is 1. The Kier molecular flexibility index (Phi) is 4.41. The molecule has 3 heterocycles. The fourth-order valence-corrected chi connectivity index (χ4v) is 3.35. The molecule has 0 aromatic carbocycles. The number of halogens is 2. The normalized spacial score (nSPS) is 17.0. The molecule has 21 heavy (non-hydrogen) atoms. The van der Waals surface area contributed by atoms with Crippen LogP contribution in [0.25, 0.3) is 5.65 Å². The van der Waals surface area contributed by atoms with E-state index in [0.717, 1.165) is 44.1 Å². The van der Waals surface area contributed by atoms with Gasteiger partial charge in [-0.1, -0.05) is 37.0 Å². The number of piperazine rings is 1. The summed E-state index contributed by atoms with van der Waals surface area (Å²) in [6.07, 6.45) is 1.92. The van der Waals surface area contributed by atoms with Crippen LogP contribution in [0.5, 0.6) is 0 Å². The first-order valence-electron chi connectivity index (χ1n) is 7.35. The molecule has 2 aromatic heterocycles. The van der Waals surface area contributed by atoms with E-state index in [0.29, 0.717) is 16.0 Å². The molecule has 1 saturated heterocycles. The van der Waals surface area contributed by atoms with Crippen LogP contribution in [0.4, 0.5) is 0 Å². The fourth-order valence-electron chi connectivity index (χ4n) is 2.84. The standard InChI is InChI=1S/C15H20Cl2N4/c1-10(2)14-13(9-20-5-3-18-4-6-20)21-8-11(16)7-12(17)15(21)19-14/h7-8,10,18H,3-6,9H2,1-2H3. The number of imidazole rings is 1. The monoisotopic (exact) mass is 326 g/mol. The van der Waals surface area contributed by atoms with Crippen LogP contribution in [0, 0.1) is 0 Å². The van der Waals surface area contributed by atoms with Gasteiger partial charge >= 0.3 is 0 Å². The Labute approximate surface area is 135 Å². The molecule has 1 aliphatic heterocycles. The first-order chi connectivity index (χ1) is 10.1. The second-order valence-electron chi connectivity index (χ2n) is 5.82. The van der Waals surface area contributed by atoms with E-state index >= 15 is 0 Å². The Morgan fingerprint density at radius 2 is 2.00 bits per heavy atom. The van der Waals surface area contributed by atoms with E-state index in [9.17, 15) is 0 Å². The number of nitrogens with one attached hydrogen (secondary N) is 1. The van der Waals surface area contributed by atoms with Gasteiger partial charge in [-0.3, -0.25) is 9.30 Å². The number of rotatable bonds is 3. The molecule has 0 bridgehead atoms. The van der Waals surface area contributed by atoms with Crippen molar-refractivity contribution in [3.63, 3.8) is 0 Å². The molecule has 0 saturated carbocycles. The van der Waals surface area contributed by atoms with E-state index < -0.39 is 0 Å². The molecule has 0 atom stereocenters. The SMILES string of the molecule is CC(C)c1nc2c(Cl)cc(Cl)cn2c1CN1CCNCC1. The lowest BCUT2D eigenvalue weighted by molar-refractivity contribution is 0.229. The van der Waals surface area contributed by atoms with E-state index in [1.165, 1.54) is 5.69 Å². The highest BCUT2D eigenvalue weighted by Gasteiger charge is 2.20. The third-order valence-corrected chi connectivity index (χ3v) is 4.39. The van der Waals surface area contributed by atoms with Gasteiger partial charge in [-0.15, -0.1) is 0 Å². The van der Waals surface area contributed by atoms with Gasteiger partial charge in [-0.25, -0.2) is 4.98 Å². The van der Waals surface area contributed by atoms with Crippen LogP contribution in [0.15, 0.2) is 12.3 Å². The summed E-state index contributed by atoms with van der Waals surface area (Å²) >= 11 is 12.5. The third kappa shape index (κ3) is 3.04. The minimum absolute atomic E-state index is 0.359. The van der Waals surface area contributed by atoms with Crippen molar-refractivity contribution in [2.75, 3.05) is 26.2 Å². The quantitative estimate of drug-likeness (QED) is 0.940. The van der Waals surface area contributed by atoms with Crippen molar-refractivity contribution >= 4 is 28.8 Å². The largest absolute Gasteiger partial charge is 0.314 e. The Balaban J connectivity index is 2.06. The van der Waals surface area contributed by atoms with Crippen LogP contribution < -0.4 is 5.32 Å². The van der Waals surface area contributed by atoms with Crippen LogP contribution in [0.3, 0.4) is 0 Å². The molecule has 0 radical (unpaired) electrons. The molecule has 1 N–H and O–H groups in total. The minimum Gasteiger partial charge on any atom is -0.314 e. The first kappa shape index (κ1) is 15.1. The van der Waals surface area contributed by atoms with Gasteiger partial charge in [0.25, 0.3) is 0 Å². The molecule has 3 rings (SSSR count). The summed E-state index contributed by atoms with van der Waals surface area (Å²) in [5.74, 6) is 0.359. The molecular weight excluding hydrogens is 307 g/mol. The van der Waals surface area contributed by atoms with Crippen LogP contribution >= 0.6 is 23.2 Å². The molecule has 1 aliphatic rings. The highest BCUT2D eigenvalue weighted by Crippen LogP contribution is 2.28. The number of fused-ring (bicyclic) bond motifs is 1. The van der Waals surface area contributed by atoms with Crippen molar-refractivity contribution in [2.24, 2.45) is 0 Å². The molecule has 0 unspecified atom stereocenters. The fraction of sp³-hybridized carbons (Fsp3) is 0.533. The zero-order valence-electron chi connectivity index (χ0n) is 12.4. The number of hydrogen-bond acceptors (Lipinski definition) is 3. The second-order valence-corrected chi connectivity index (χ2v) is 6.67. The third-order valence-electron chi connectivity index (χ3n) is 3.90. The van der Waals surface area contributed by atoms with Crippen LogP contribution in [-0.4, -0.2) is 40.5 Å². The molecule has 1 fully saturated rings. The topological polar surface area (TPSA) is 32.6 Å². The number of hydrogen-bond donors (Lipinski definition) is 1. The van der Waals surface area contributed by atoms with Crippen molar-refractivity contribution in [3.8, 4) is 0 Å². The maximum absolute atomic E-state index is 6.30. The molecule has 6 heteroatoms. The Hall–Kier alpha value is -0.810. The minimum atomic E-state index is 0.359. The van der Waals surface area contributed by atoms with Gasteiger partial charge in [0.05, 0.1) is 21.4 Å². The van der Waals surface area contributed by atoms with Gasteiger partial charge in [0, 0.05) is 38.9 Å². The van der Waals surface area contributed by atoms with E-state index in [2.05, 4.69) is 28.5 Å². The summed E-state index contributed by atoms with van der Waals surface area (Å²) in [5.41, 5.74) is 3.11. The summed E-state index contributed by atoms with van der Waals surface area (Å²) in [7, 11) is 0. The van der Waals surface area contributed by atoms with E-state index in [-0.39, 0.29) is 0 Å². The van der Waals surface area contributed by atoms with Crippen molar-refractivity contribution in [1.82, 2.24) is 19.6 Å². The molecule has 0 amide bonds. The van der Waals surface area contributed by atoms with Gasteiger partial charge in [-0.05, 0) is 12.0 Å². The maximum atomic E-state index is 6.30. The van der Waals surface area contributed by atoms with Gasteiger partial charge in [0.1, 0.15) is 0 Å². The molecule has 2 aromatic rings. The van der Waals surface area contributed by atoms with Crippen molar-refractivity contribution in [3.05, 3.63) is 33.7 Å². The smallest absolute Gasteiger partial charge is 0.156 e. The second kappa shape index (κ2) is 6.13. The average molecular weight is 327 g/mol. The van der Waals surface area contributed by atoms with Crippen LogP contribution in [-0.2, 0) is 6.54 Å². The Bertz CT molecular complexity index is 645. The van der Waals surface area contributed by atoms with E-state index in [4.69, 9.17) is 28.2 Å². The van der Waals surface area contributed by atoms with Gasteiger partial charge in [0.15, 0.2) is 5.65 Å². The van der Waals surface area contributed by atoms with Crippen LogP contribution in [0.2, 0.25) is 10.0 Å². The molecule has 0 spiro atoms. The Morgan fingerprint density at radius 3 is 2.67 bits per heavy atom. The van der Waals surface area contributed by atoms with Gasteiger partial charge in [-0.2, -0.15) is 0 Å². The van der Waals surface area contributed by atoms with Crippen molar-refractivity contribution in [2.45, 2.75) is 26.3 Å². The van der Waals surface area contributed by atoms with Crippen LogP contribution in [0.1, 0.15) is 31.2 Å². The predicted octanol–water partition coefficient (Wildman–Crippen LogP) is 3.17. The lowest BCUT2D eigenvalue weighted by Gasteiger charge is -2.27. The van der Waals surface area contributed by atoms with Gasteiger partial charge in [0.2, 0.25) is 0 Å². The highest BCUT2D eigenvalue weighted by molar-refractivity contribution is 6.36. The molecule has 0 aliphatic carbocycles. The maximum Gasteiger partial charge on any atom is 0.156 e. The lowest BCUT2D eigenvalue weighted by atomic mass is 10.1. The van der Waals surface area contributed by atoms with Crippen molar-refractivity contribution in [1.29, 1.82) is 0 Å². The Morgan fingerprint density at radius 1 is 1.29 bits per heavy atom. The molecular formula is C15H20Cl2N4. The van der Waals surface area contributed by atoms with E-state index in [1.54, 1.807) is 6.07 Å². The summed E-state index contributed by atoms with van der Waals surface area (Å²) < 4.78 is 2.06. The van der Waals surface area contributed by atoms with Gasteiger partial charge < -0.3 is 5.32 Å². The zero-order valence-corrected chi connectivity index (χ0v) is 13.9. The highest BCUT2D eigenvalue weighted by atomic mass is 35.5. The summed E-state index contributed by atoms with van der Waals surface area (Å²) in [5, 5.41) is 4.63. The van der Waals surface area contributed by atoms with Crippen molar-refractivity contribution < 1.29 is 0 Å².